The van der Waals surface area contributed by atoms with Crippen molar-refractivity contribution in [2.75, 3.05) is 5.73 Å². The maximum absolute atomic E-state index is 12.9. The van der Waals surface area contributed by atoms with Gasteiger partial charge in [-0.3, -0.25) is 0 Å². The number of aliphatic hydroxyl groups excluding tert-OH is 1. The minimum atomic E-state index is -5.01. The van der Waals surface area contributed by atoms with Crippen LogP contribution in [0.15, 0.2) is 25.0 Å². The quantitative estimate of drug-likeness (QED) is 0.786. The molecule has 2 aromatic rings. The van der Waals surface area contributed by atoms with Gasteiger partial charge in [-0.1, -0.05) is 13.5 Å². The lowest BCUT2D eigenvalue weighted by atomic mass is 10.1. The van der Waals surface area contributed by atoms with E-state index < -0.39 is 35.7 Å². The number of hydrogen-bond donors (Lipinski definition) is 2. The maximum Gasteiger partial charge on any atom is 0.421 e. The lowest BCUT2D eigenvalue weighted by Crippen LogP contribution is -2.23. The van der Waals surface area contributed by atoms with Crippen molar-refractivity contribution in [3.05, 3.63) is 36.4 Å². The Labute approximate surface area is 143 Å². The van der Waals surface area contributed by atoms with E-state index in [9.17, 15) is 31.4 Å². The number of nitrogens with zero attached hydrogens (tertiary/aromatic N) is 3. The zero-order valence-corrected chi connectivity index (χ0v) is 13.4. The Kier molecular flexibility index (Phi) is 5.04. The van der Waals surface area contributed by atoms with Crippen LogP contribution >= 0.6 is 0 Å². The molecule has 2 aromatic heterocycles. The fourth-order valence-electron chi connectivity index (χ4n) is 2.14. The summed E-state index contributed by atoms with van der Waals surface area (Å²) >= 11 is 0. The van der Waals surface area contributed by atoms with Gasteiger partial charge in [0.25, 0.3) is 0 Å². The van der Waals surface area contributed by atoms with Crippen LogP contribution in [-0.2, 0) is 6.18 Å². The molecule has 26 heavy (non-hydrogen) atoms. The lowest BCUT2D eigenvalue weighted by Gasteiger charge is -2.16. The molecule has 0 aliphatic rings. The van der Waals surface area contributed by atoms with Crippen molar-refractivity contribution in [2.24, 2.45) is 0 Å². The molecule has 0 bridgehead atoms. The van der Waals surface area contributed by atoms with Crippen molar-refractivity contribution in [1.82, 2.24) is 14.5 Å². The average molecular weight is 380 g/mol. The molecule has 0 aliphatic carbocycles. The Morgan fingerprint density at radius 1 is 1.31 bits per heavy atom. The molecule has 11 heteroatoms. The van der Waals surface area contributed by atoms with Crippen molar-refractivity contribution in [1.29, 1.82) is 0 Å². The Hall–Kier alpha value is -2.56. The number of nitrogen functional groups attached to an aromatic ring is 1. The van der Waals surface area contributed by atoms with E-state index in [1.54, 1.807) is 6.92 Å². The second-order valence-electron chi connectivity index (χ2n) is 5.37. The van der Waals surface area contributed by atoms with Gasteiger partial charge in [0.1, 0.15) is 5.82 Å². The van der Waals surface area contributed by atoms with E-state index in [0.29, 0.717) is 6.07 Å². The summed E-state index contributed by atoms with van der Waals surface area (Å²) < 4.78 is 78.3. The number of imidazole rings is 1. The van der Waals surface area contributed by atoms with Gasteiger partial charge in [-0.15, -0.1) is 0 Å². The van der Waals surface area contributed by atoms with Crippen LogP contribution in [0.25, 0.3) is 17.0 Å². The number of nitrogens with two attached hydrogens (primary N) is 1. The van der Waals surface area contributed by atoms with Gasteiger partial charge in [-0.05, 0) is 12.5 Å². The second-order valence-corrected chi connectivity index (χ2v) is 5.37. The number of alkyl halides is 6. The lowest BCUT2D eigenvalue weighted by molar-refractivity contribution is -0.209. The van der Waals surface area contributed by atoms with Crippen LogP contribution in [0.5, 0.6) is 0 Å². The molecule has 0 aromatic carbocycles. The molecule has 0 saturated carbocycles. The van der Waals surface area contributed by atoms with Crippen LogP contribution < -0.4 is 5.73 Å². The molecule has 0 spiro atoms. The Morgan fingerprint density at radius 2 is 1.92 bits per heavy atom. The molecular weight excluding hydrogens is 366 g/mol. The molecule has 2 rings (SSSR count). The van der Waals surface area contributed by atoms with Crippen molar-refractivity contribution >= 4 is 11.5 Å². The van der Waals surface area contributed by atoms with Crippen molar-refractivity contribution in [3.63, 3.8) is 0 Å². The second kappa shape index (κ2) is 6.63. The summed E-state index contributed by atoms with van der Waals surface area (Å²) in [7, 11) is 0. The molecule has 0 saturated heterocycles. The molecule has 1 unspecified atom stereocenters. The molecule has 2 heterocycles. The first kappa shape index (κ1) is 19.8. The van der Waals surface area contributed by atoms with Gasteiger partial charge in [0.05, 0.1) is 11.3 Å². The highest BCUT2D eigenvalue weighted by Crippen LogP contribution is 2.37. The number of aliphatic hydroxyl groups is 1. The highest BCUT2D eigenvalue weighted by Gasteiger charge is 2.43. The van der Waals surface area contributed by atoms with E-state index in [1.165, 1.54) is 0 Å². The summed E-state index contributed by atoms with van der Waals surface area (Å²) in [6.45, 7) is 5.18. The van der Waals surface area contributed by atoms with Gasteiger partial charge in [-0.25, -0.2) is 9.97 Å². The SMILES string of the molecule is C=C(CC)n1cc(-c2cnc(N)c(C(F)(F)F)c2)nc1C(O)C(F)(F)F. The third kappa shape index (κ3) is 3.82. The van der Waals surface area contributed by atoms with Crippen LogP contribution in [0.2, 0.25) is 0 Å². The molecule has 1 atom stereocenters. The maximum atomic E-state index is 12.9. The topological polar surface area (TPSA) is 77.0 Å². The Bertz CT molecular complexity index is 825. The number of hydrogen-bond acceptors (Lipinski definition) is 4. The van der Waals surface area contributed by atoms with Crippen LogP contribution in [0.4, 0.5) is 32.2 Å². The molecule has 0 radical (unpaired) electrons. The van der Waals surface area contributed by atoms with Gasteiger partial charge in [0.2, 0.25) is 6.10 Å². The normalized spacial score (nSPS) is 13.7. The van der Waals surface area contributed by atoms with E-state index in [-0.39, 0.29) is 23.4 Å². The third-order valence-corrected chi connectivity index (χ3v) is 3.56. The summed E-state index contributed by atoms with van der Waals surface area (Å²) in [6, 6.07) is 0.632. The molecule has 0 fully saturated rings. The summed E-state index contributed by atoms with van der Waals surface area (Å²) in [5.41, 5.74) is 3.69. The minimum absolute atomic E-state index is 0.168. The van der Waals surface area contributed by atoms with E-state index in [0.717, 1.165) is 17.0 Å². The van der Waals surface area contributed by atoms with E-state index in [2.05, 4.69) is 16.5 Å². The Morgan fingerprint density at radius 3 is 2.42 bits per heavy atom. The third-order valence-electron chi connectivity index (χ3n) is 3.56. The summed E-state index contributed by atoms with van der Waals surface area (Å²) in [4.78, 5) is 7.07. The predicted octanol–water partition coefficient (Wildman–Crippen LogP) is 4.02. The summed E-state index contributed by atoms with van der Waals surface area (Å²) in [6.07, 6.45) is -10.5. The zero-order chi connectivity index (χ0) is 19.9. The van der Waals surface area contributed by atoms with Gasteiger partial charge in [0, 0.05) is 23.7 Å². The van der Waals surface area contributed by atoms with Gasteiger partial charge >= 0.3 is 12.4 Å². The summed E-state index contributed by atoms with van der Waals surface area (Å²) in [5.74, 6) is -1.57. The van der Waals surface area contributed by atoms with Crippen LogP contribution in [0.1, 0.15) is 30.8 Å². The molecule has 0 aliphatic heterocycles. The molecule has 5 nitrogen and oxygen atoms in total. The van der Waals surface area contributed by atoms with Gasteiger partial charge < -0.3 is 15.4 Å². The standard InChI is InChI=1S/C15H14F6N4O/c1-3-7(2)25-6-10(24-13(25)11(26)15(19,20)21)8-4-9(14(16,17)18)12(22)23-5-8/h4-6,11,26H,2-3H2,1H3,(H2,22,23). The van der Waals surface area contributed by atoms with Crippen molar-refractivity contribution in [3.8, 4) is 11.3 Å². The minimum Gasteiger partial charge on any atom is -0.383 e. The molecule has 142 valence electrons. The fraction of sp³-hybridized carbons (Fsp3) is 0.333. The average Bonchev–Trinajstić information content (AvgIpc) is 2.96. The van der Waals surface area contributed by atoms with Gasteiger partial charge in [0.15, 0.2) is 5.82 Å². The molecule has 3 N–H and O–H groups in total. The first-order valence-electron chi connectivity index (χ1n) is 7.21. The largest absolute Gasteiger partial charge is 0.421 e. The Balaban J connectivity index is 2.62. The number of halogens is 6. The van der Waals surface area contributed by atoms with Crippen LogP contribution in [0.3, 0.4) is 0 Å². The van der Waals surface area contributed by atoms with Crippen LogP contribution in [-0.4, -0.2) is 25.8 Å². The number of allylic oxidation sites excluding steroid dienone is 1. The number of aromatic nitrogens is 3. The first-order chi connectivity index (χ1) is 11.9. The number of anilines is 1. The molecular formula is C15H14F6N4O. The highest BCUT2D eigenvalue weighted by atomic mass is 19.4. The van der Waals surface area contributed by atoms with E-state index in [4.69, 9.17) is 5.73 Å². The van der Waals surface area contributed by atoms with E-state index >= 15 is 0 Å². The highest BCUT2D eigenvalue weighted by molar-refractivity contribution is 5.63. The van der Waals surface area contributed by atoms with E-state index in [1.807, 2.05) is 0 Å². The first-order valence-corrected chi connectivity index (χ1v) is 7.21. The predicted molar refractivity (Wildman–Crippen MR) is 81.5 cm³/mol. The van der Waals surface area contributed by atoms with Crippen LogP contribution in [0, 0.1) is 0 Å². The fourth-order valence-corrected chi connectivity index (χ4v) is 2.14. The smallest absolute Gasteiger partial charge is 0.383 e. The van der Waals surface area contributed by atoms with Crippen molar-refractivity contribution < 1.29 is 31.4 Å². The van der Waals surface area contributed by atoms with Crippen molar-refractivity contribution in [2.45, 2.75) is 31.8 Å². The monoisotopic (exact) mass is 380 g/mol. The zero-order valence-electron chi connectivity index (χ0n) is 13.4. The summed E-state index contributed by atoms with van der Waals surface area (Å²) in [5, 5.41) is 9.51. The van der Waals surface area contributed by atoms with Gasteiger partial charge in [-0.2, -0.15) is 26.3 Å². The number of pyridine rings is 1. The number of rotatable bonds is 4. The molecule has 0 amide bonds.